The van der Waals surface area contributed by atoms with Crippen LogP contribution in [-0.4, -0.2) is 11.2 Å². The van der Waals surface area contributed by atoms with Gasteiger partial charge in [-0.1, -0.05) is 18.7 Å². The average molecular weight is 188 g/mol. The quantitative estimate of drug-likeness (QED) is 0.498. The van der Waals surface area contributed by atoms with Gasteiger partial charge in [0.2, 0.25) is 0 Å². The summed E-state index contributed by atoms with van der Waals surface area (Å²) in [5.74, 6) is 1.10. The number of nitrogens with two attached hydrogens (primary N) is 1. The average Bonchev–Trinajstić information content (AvgIpc) is 2.19. The number of anilines is 2. The van der Waals surface area contributed by atoms with Gasteiger partial charge in [-0.2, -0.15) is 0 Å². The summed E-state index contributed by atoms with van der Waals surface area (Å²) in [5.41, 5.74) is 6.17. The van der Waals surface area contributed by atoms with Crippen LogP contribution in [0.3, 0.4) is 0 Å². The highest BCUT2D eigenvalue weighted by Gasteiger charge is 1.91. The zero-order valence-electron chi connectivity index (χ0n) is 7.70. The topological polar surface area (TPSA) is 74.8 Å². The van der Waals surface area contributed by atoms with Gasteiger partial charge in [-0.15, -0.1) is 0 Å². The first kappa shape index (κ1) is 9.98. The summed E-state index contributed by atoms with van der Waals surface area (Å²) in [6, 6.07) is 5.30. The van der Waals surface area contributed by atoms with Crippen molar-refractivity contribution >= 4 is 17.9 Å². The lowest BCUT2D eigenvalue weighted by Gasteiger charge is -2.00. The SMILES string of the molecule is C=C/C(C=N)=C/Nc1cccc(N)n1. The van der Waals surface area contributed by atoms with Gasteiger partial charge in [-0.05, 0) is 12.1 Å². The molecular formula is C10H12N4. The molecule has 0 saturated carbocycles. The van der Waals surface area contributed by atoms with Crippen molar-refractivity contribution in [3.63, 3.8) is 0 Å². The van der Waals surface area contributed by atoms with Crippen molar-refractivity contribution in [1.82, 2.24) is 4.98 Å². The third kappa shape index (κ3) is 2.75. The summed E-state index contributed by atoms with van der Waals surface area (Å²) in [5, 5.41) is 9.93. The summed E-state index contributed by atoms with van der Waals surface area (Å²) >= 11 is 0. The van der Waals surface area contributed by atoms with E-state index in [2.05, 4.69) is 16.9 Å². The minimum absolute atomic E-state index is 0.457. The molecule has 4 heteroatoms. The molecule has 0 aliphatic rings. The first-order chi connectivity index (χ1) is 6.76. The molecular weight excluding hydrogens is 176 g/mol. The highest BCUT2D eigenvalue weighted by atomic mass is 15.0. The number of allylic oxidation sites excluding steroid dienone is 2. The molecule has 0 aliphatic heterocycles. The number of nitrogens with zero attached hydrogens (tertiary/aromatic N) is 1. The second kappa shape index (κ2) is 4.81. The summed E-state index contributed by atoms with van der Waals surface area (Å²) in [6.07, 6.45) is 4.42. The van der Waals surface area contributed by atoms with Crippen LogP contribution in [0, 0.1) is 5.41 Å². The largest absolute Gasteiger partial charge is 0.384 e. The Morgan fingerprint density at radius 1 is 1.57 bits per heavy atom. The molecule has 0 aliphatic carbocycles. The highest BCUT2D eigenvalue weighted by Crippen LogP contribution is 2.06. The third-order valence-corrected chi connectivity index (χ3v) is 1.56. The van der Waals surface area contributed by atoms with Gasteiger partial charge in [-0.25, -0.2) is 4.98 Å². The Labute approximate surface area is 82.7 Å². The number of nitrogens with one attached hydrogen (secondary N) is 2. The van der Waals surface area contributed by atoms with Crippen molar-refractivity contribution in [2.45, 2.75) is 0 Å². The van der Waals surface area contributed by atoms with E-state index in [1.165, 1.54) is 6.21 Å². The predicted molar refractivity (Wildman–Crippen MR) is 59.3 cm³/mol. The Hall–Kier alpha value is -2.10. The van der Waals surface area contributed by atoms with Crippen LogP contribution >= 0.6 is 0 Å². The Kier molecular flexibility index (Phi) is 3.43. The summed E-state index contributed by atoms with van der Waals surface area (Å²) in [4.78, 5) is 4.03. The maximum Gasteiger partial charge on any atom is 0.132 e. The second-order valence-corrected chi connectivity index (χ2v) is 2.58. The fourth-order valence-electron chi connectivity index (χ4n) is 0.849. The number of hydrogen-bond donors (Lipinski definition) is 3. The number of nitrogen functional groups attached to an aromatic ring is 1. The number of rotatable bonds is 4. The van der Waals surface area contributed by atoms with Crippen LogP contribution in [0.15, 0.2) is 42.6 Å². The van der Waals surface area contributed by atoms with Crippen LogP contribution in [0.25, 0.3) is 0 Å². The molecule has 0 unspecified atom stereocenters. The van der Waals surface area contributed by atoms with Gasteiger partial charge in [0.15, 0.2) is 0 Å². The molecule has 0 aromatic carbocycles. The summed E-state index contributed by atoms with van der Waals surface area (Å²) in [6.45, 7) is 3.56. The van der Waals surface area contributed by atoms with E-state index in [1.807, 2.05) is 0 Å². The first-order valence-electron chi connectivity index (χ1n) is 4.08. The number of hydrogen-bond acceptors (Lipinski definition) is 4. The van der Waals surface area contributed by atoms with Crippen molar-refractivity contribution in [1.29, 1.82) is 5.41 Å². The van der Waals surface area contributed by atoms with Crippen LogP contribution in [0.5, 0.6) is 0 Å². The van der Waals surface area contributed by atoms with Gasteiger partial charge < -0.3 is 16.5 Å². The summed E-state index contributed by atoms with van der Waals surface area (Å²) in [7, 11) is 0. The molecule has 0 bridgehead atoms. The molecule has 0 fully saturated rings. The van der Waals surface area contributed by atoms with Gasteiger partial charge in [-0.3, -0.25) is 0 Å². The smallest absolute Gasteiger partial charge is 0.132 e. The molecule has 1 aromatic rings. The van der Waals surface area contributed by atoms with E-state index < -0.39 is 0 Å². The van der Waals surface area contributed by atoms with Crippen LogP contribution in [-0.2, 0) is 0 Å². The monoisotopic (exact) mass is 188 g/mol. The zero-order chi connectivity index (χ0) is 10.4. The normalized spacial score (nSPS) is 10.7. The molecule has 4 N–H and O–H groups in total. The maximum absolute atomic E-state index is 7.02. The van der Waals surface area contributed by atoms with Crippen LogP contribution in [0.1, 0.15) is 0 Å². The predicted octanol–water partition coefficient (Wildman–Crippen LogP) is 1.80. The van der Waals surface area contributed by atoms with Gasteiger partial charge >= 0.3 is 0 Å². The van der Waals surface area contributed by atoms with Gasteiger partial charge in [0.05, 0.1) is 0 Å². The molecule has 0 radical (unpaired) electrons. The zero-order valence-corrected chi connectivity index (χ0v) is 7.70. The molecule has 0 spiro atoms. The molecule has 72 valence electrons. The van der Waals surface area contributed by atoms with Crippen molar-refractivity contribution in [3.05, 3.63) is 42.6 Å². The van der Waals surface area contributed by atoms with Crippen molar-refractivity contribution in [2.24, 2.45) is 0 Å². The lowest BCUT2D eigenvalue weighted by Crippen LogP contribution is -1.96. The Morgan fingerprint density at radius 3 is 2.93 bits per heavy atom. The van der Waals surface area contributed by atoms with Crippen LogP contribution in [0.4, 0.5) is 11.6 Å². The van der Waals surface area contributed by atoms with E-state index >= 15 is 0 Å². The number of pyridine rings is 1. The van der Waals surface area contributed by atoms with Crippen LogP contribution in [0.2, 0.25) is 0 Å². The fourth-order valence-corrected chi connectivity index (χ4v) is 0.849. The molecule has 0 amide bonds. The lowest BCUT2D eigenvalue weighted by atomic mass is 10.3. The Bertz CT molecular complexity index is 358. The van der Waals surface area contributed by atoms with Crippen molar-refractivity contribution < 1.29 is 0 Å². The third-order valence-electron chi connectivity index (χ3n) is 1.56. The van der Waals surface area contributed by atoms with E-state index in [1.54, 1.807) is 30.5 Å². The molecule has 4 nitrogen and oxygen atoms in total. The minimum atomic E-state index is 0.457. The molecule has 0 saturated heterocycles. The standard InChI is InChI=1S/C10H12N4/c1-2-8(6-11)7-13-10-5-3-4-9(12)14-10/h2-7,11H,1H2,(H3,12,13,14)/b8-7-,11-6?. The van der Waals surface area contributed by atoms with E-state index in [9.17, 15) is 0 Å². The van der Waals surface area contributed by atoms with E-state index in [0.29, 0.717) is 17.2 Å². The number of aromatic nitrogens is 1. The minimum Gasteiger partial charge on any atom is -0.384 e. The molecule has 14 heavy (non-hydrogen) atoms. The van der Waals surface area contributed by atoms with Gasteiger partial charge in [0, 0.05) is 18.0 Å². The van der Waals surface area contributed by atoms with Gasteiger partial charge in [0.1, 0.15) is 11.6 Å². The second-order valence-electron chi connectivity index (χ2n) is 2.58. The molecule has 0 atom stereocenters. The maximum atomic E-state index is 7.02. The Balaban J connectivity index is 2.74. The van der Waals surface area contributed by atoms with Crippen LogP contribution < -0.4 is 11.1 Å². The van der Waals surface area contributed by atoms with E-state index in [0.717, 1.165) is 0 Å². The molecule has 1 rings (SSSR count). The first-order valence-corrected chi connectivity index (χ1v) is 4.08. The Morgan fingerprint density at radius 2 is 2.36 bits per heavy atom. The fraction of sp³-hybridized carbons (Fsp3) is 0. The van der Waals surface area contributed by atoms with E-state index in [-0.39, 0.29) is 0 Å². The summed E-state index contributed by atoms with van der Waals surface area (Å²) < 4.78 is 0. The van der Waals surface area contributed by atoms with Crippen molar-refractivity contribution in [3.8, 4) is 0 Å². The van der Waals surface area contributed by atoms with E-state index in [4.69, 9.17) is 11.1 Å². The molecule has 1 heterocycles. The highest BCUT2D eigenvalue weighted by molar-refractivity contribution is 5.80. The molecule has 1 aromatic heterocycles. The van der Waals surface area contributed by atoms with Crippen molar-refractivity contribution in [2.75, 3.05) is 11.1 Å². The lowest BCUT2D eigenvalue weighted by molar-refractivity contribution is 1.31. The van der Waals surface area contributed by atoms with Gasteiger partial charge in [0.25, 0.3) is 0 Å².